The molecule has 19 heavy (non-hydrogen) atoms. The molecule has 0 aliphatic rings. The van der Waals surface area contributed by atoms with Crippen molar-refractivity contribution in [2.75, 3.05) is 6.61 Å². The molecule has 0 saturated carbocycles. The Bertz CT molecular complexity index is 564. The second-order valence-electron chi connectivity index (χ2n) is 4.46. The molecule has 96 valence electrons. The summed E-state index contributed by atoms with van der Waals surface area (Å²) >= 11 is 0. The molecule has 0 radical (unpaired) electrons. The molecule has 2 nitrogen and oxygen atoms in total. The van der Waals surface area contributed by atoms with E-state index < -0.39 is 0 Å². The topological polar surface area (TPSA) is 33.0 Å². The molecule has 1 unspecified atom stereocenters. The zero-order valence-corrected chi connectivity index (χ0v) is 11.3. The Morgan fingerprint density at radius 2 is 1.53 bits per heavy atom. The first-order valence-corrected chi connectivity index (χ1v) is 6.47. The predicted octanol–water partition coefficient (Wildman–Crippen LogP) is 4.11. The van der Waals surface area contributed by atoms with Crippen molar-refractivity contribution in [1.82, 2.24) is 0 Å². The number of rotatable bonds is 4. The molecule has 2 rings (SSSR count). The minimum absolute atomic E-state index is 0.309. The minimum atomic E-state index is 0.309. The predicted molar refractivity (Wildman–Crippen MR) is 76.3 cm³/mol. The Morgan fingerprint density at radius 3 is 2.00 bits per heavy atom. The summed E-state index contributed by atoms with van der Waals surface area (Å²) in [5.41, 5.74) is 3.15. The van der Waals surface area contributed by atoms with E-state index in [4.69, 9.17) is 10.00 Å². The lowest BCUT2D eigenvalue weighted by atomic mass is 9.92. The molecular weight excluding hydrogens is 234 g/mol. The Morgan fingerprint density at radius 1 is 1.00 bits per heavy atom. The van der Waals surface area contributed by atoms with Gasteiger partial charge in [-0.3, -0.25) is 0 Å². The van der Waals surface area contributed by atoms with E-state index in [0.29, 0.717) is 18.1 Å². The van der Waals surface area contributed by atoms with Crippen LogP contribution >= 0.6 is 0 Å². The third kappa shape index (κ3) is 3.14. The van der Waals surface area contributed by atoms with Crippen LogP contribution in [0, 0.1) is 11.3 Å². The fraction of sp³-hybridized carbons (Fsp3) is 0.235. The van der Waals surface area contributed by atoms with Crippen molar-refractivity contribution in [3.05, 3.63) is 65.2 Å². The van der Waals surface area contributed by atoms with E-state index in [1.165, 1.54) is 11.1 Å². The Labute approximate surface area is 114 Å². The summed E-state index contributed by atoms with van der Waals surface area (Å²) < 4.78 is 5.44. The first kappa shape index (κ1) is 13.2. The van der Waals surface area contributed by atoms with Crippen LogP contribution in [-0.4, -0.2) is 6.61 Å². The maximum atomic E-state index is 8.80. The summed E-state index contributed by atoms with van der Waals surface area (Å²) in [7, 11) is 0. The Balaban J connectivity index is 2.18. The van der Waals surface area contributed by atoms with Gasteiger partial charge in [-0.05, 0) is 42.3 Å². The molecule has 0 aromatic heterocycles. The standard InChI is InChI=1S/C17H17NO/c1-3-19-17-10-8-16(9-11-17)13(2)15-6-4-14(12-18)5-7-15/h4-11,13H,3H2,1-2H3. The van der Waals surface area contributed by atoms with Gasteiger partial charge in [0.25, 0.3) is 0 Å². The molecule has 0 N–H and O–H groups in total. The molecule has 1 atom stereocenters. The van der Waals surface area contributed by atoms with E-state index in [1.807, 2.05) is 43.3 Å². The van der Waals surface area contributed by atoms with Crippen molar-refractivity contribution in [3.63, 3.8) is 0 Å². The molecule has 2 aromatic rings. The van der Waals surface area contributed by atoms with Crippen molar-refractivity contribution in [2.24, 2.45) is 0 Å². The number of benzene rings is 2. The Hall–Kier alpha value is -2.27. The third-order valence-corrected chi connectivity index (χ3v) is 3.23. The molecule has 0 spiro atoms. The zero-order valence-electron chi connectivity index (χ0n) is 11.3. The van der Waals surface area contributed by atoms with Crippen LogP contribution in [0.2, 0.25) is 0 Å². The van der Waals surface area contributed by atoms with E-state index in [1.54, 1.807) is 0 Å². The fourth-order valence-corrected chi connectivity index (χ4v) is 2.06. The van der Waals surface area contributed by atoms with Gasteiger partial charge in [-0.1, -0.05) is 31.2 Å². The number of hydrogen-bond acceptors (Lipinski definition) is 2. The quantitative estimate of drug-likeness (QED) is 0.819. The van der Waals surface area contributed by atoms with Crippen molar-refractivity contribution < 1.29 is 4.74 Å². The highest BCUT2D eigenvalue weighted by Gasteiger charge is 2.08. The first-order valence-electron chi connectivity index (χ1n) is 6.47. The minimum Gasteiger partial charge on any atom is -0.494 e. The van der Waals surface area contributed by atoms with E-state index in [-0.39, 0.29) is 0 Å². The number of ether oxygens (including phenoxy) is 1. The molecule has 0 aliphatic heterocycles. The molecule has 0 aliphatic carbocycles. The molecule has 0 amide bonds. The smallest absolute Gasteiger partial charge is 0.119 e. The second kappa shape index (κ2) is 6.06. The highest BCUT2D eigenvalue weighted by Crippen LogP contribution is 2.25. The number of nitriles is 1. The molecular formula is C17H17NO. The van der Waals surface area contributed by atoms with Gasteiger partial charge < -0.3 is 4.74 Å². The van der Waals surface area contributed by atoms with E-state index in [2.05, 4.69) is 25.1 Å². The summed E-state index contributed by atoms with van der Waals surface area (Å²) in [4.78, 5) is 0. The van der Waals surface area contributed by atoms with Crippen molar-refractivity contribution in [2.45, 2.75) is 19.8 Å². The highest BCUT2D eigenvalue weighted by atomic mass is 16.5. The molecule has 2 heteroatoms. The van der Waals surface area contributed by atoms with Crippen LogP contribution in [-0.2, 0) is 0 Å². The maximum Gasteiger partial charge on any atom is 0.119 e. The Kier molecular flexibility index (Phi) is 4.20. The zero-order chi connectivity index (χ0) is 13.7. The van der Waals surface area contributed by atoms with E-state index >= 15 is 0 Å². The van der Waals surface area contributed by atoms with Gasteiger partial charge in [0.2, 0.25) is 0 Å². The van der Waals surface area contributed by atoms with Crippen LogP contribution in [0.1, 0.15) is 36.5 Å². The maximum absolute atomic E-state index is 8.80. The first-order chi connectivity index (χ1) is 9.24. The van der Waals surface area contributed by atoms with Gasteiger partial charge in [-0.2, -0.15) is 5.26 Å². The van der Waals surface area contributed by atoms with Gasteiger partial charge in [0, 0.05) is 5.92 Å². The normalized spacial score (nSPS) is 11.6. The molecule has 0 bridgehead atoms. The molecule has 2 aromatic carbocycles. The summed E-state index contributed by atoms with van der Waals surface area (Å²) in [5, 5.41) is 8.80. The monoisotopic (exact) mass is 251 g/mol. The van der Waals surface area contributed by atoms with Crippen LogP contribution in [0.15, 0.2) is 48.5 Å². The highest BCUT2D eigenvalue weighted by molar-refractivity contribution is 5.38. The summed E-state index contributed by atoms with van der Waals surface area (Å²) in [6.07, 6.45) is 0. The van der Waals surface area contributed by atoms with Gasteiger partial charge in [0.1, 0.15) is 5.75 Å². The third-order valence-electron chi connectivity index (χ3n) is 3.23. The largest absolute Gasteiger partial charge is 0.494 e. The van der Waals surface area contributed by atoms with Gasteiger partial charge in [-0.25, -0.2) is 0 Å². The average molecular weight is 251 g/mol. The van der Waals surface area contributed by atoms with E-state index in [0.717, 1.165) is 5.75 Å². The van der Waals surface area contributed by atoms with Crippen LogP contribution < -0.4 is 4.74 Å². The SMILES string of the molecule is CCOc1ccc(C(C)c2ccc(C#N)cc2)cc1. The molecule has 0 fully saturated rings. The number of hydrogen-bond donors (Lipinski definition) is 0. The van der Waals surface area contributed by atoms with Gasteiger partial charge in [-0.15, -0.1) is 0 Å². The fourth-order valence-electron chi connectivity index (χ4n) is 2.06. The summed E-state index contributed by atoms with van der Waals surface area (Å²) in [5.74, 6) is 1.21. The van der Waals surface area contributed by atoms with E-state index in [9.17, 15) is 0 Å². The molecule has 0 heterocycles. The lowest BCUT2D eigenvalue weighted by Gasteiger charge is -2.13. The van der Waals surface area contributed by atoms with Crippen molar-refractivity contribution >= 4 is 0 Å². The van der Waals surface area contributed by atoms with Crippen LogP contribution in [0.4, 0.5) is 0 Å². The van der Waals surface area contributed by atoms with Crippen molar-refractivity contribution in [1.29, 1.82) is 5.26 Å². The van der Waals surface area contributed by atoms with Gasteiger partial charge >= 0.3 is 0 Å². The lowest BCUT2D eigenvalue weighted by Crippen LogP contribution is -1.97. The van der Waals surface area contributed by atoms with Gasteiger partial charge in [0.15, 0.2) is 0 Å². The molecule has 0 saturated heterocycles. The van der Waals surface area contributed by atoms with Crippen molar-refractivity contribution in [3.8, 4) is 11.8 Å². The summed E-state index contributed by atoms with van der Waals surface area (Å²) in [6.45, 7) is 4.83. The second-order valence-corrected chi connectivity index (χ2v) is 4.46. The summed E-state index contributed by atoms with van der Waals surface area (Å²) in [6, 6.07) is 18.1. The van der Waals surface area contributed by atoms with Crippen LogP contribution in [0.3, 0.4) is 0 Å². The lowest BCUT2D eigenvalue weighted by molar-refractivity contribution is 0.340. The van der Waals surface area contributed by atoms with Crippen LogP contribution in [0.5, 0.6) is 5.75 Å². The average Bonchev–Trinajstić information content (AvgIpc) is 2.48. The number of nitrogens with zero attached hydrogens (tertiary/aromatic N) is 1. The van der Waals surface area contributed by atoms with Gasteiger partial charge in [0.05, 0.1) is 18.2 Å². The van der Waals surface area contributed by atoms with Crippen LogP contribution in [0.25, 0.3) is 0 Å².